The van der Waals surface area contributed by atoms with Crippen LogP contribution in [0.5, 0.6) is 0 Å². The zero-order valence-corrected chi connectivity index (χ0v) is 24.4. The van der Waals surface area contributed by atoms with Gasteiger partial charge in [-0.15, -0.1) is 22.7 Å². The molecule has 1 fully saturated rings. The van der Waals surface area contributed by atoms with E-state index in [0.29, 0.717) is 61.8 Å². The molecule has 1 aliphatic heterocycles. The molecule has 1 N–H and O–H groups in total. The van der Waals surface area contributed by atoms with Gasteiger partial charge in [-0.2, -0.15) is 0 Å². The lowest BCUT2D eigenvalue weighted by Crippen LogP contribution is -2.51. The number of nitrogens with zero attached hydrogens (tertiary/aromatic N) is 3. The first-order valence-electron chi connectivity index (χ1n) is 12.3. The third-order valence-corrected chi connectivity index (χ3v) is 9.48. The van der Waals surface area contributed by atoms with Crippen LogP contribution in [-0.4, -0.2) is 64.5 Å². The number of carbonyl (C=O) groups excluding carboxylic acids is 2. The Labute approximate surface area is 248 Å². The Morgan fingerprint density at radius 3 is 2.45 bits per heavy atom. The first-order chi connectivity index (χ1) is 19.3. The minimum absolute atomic E-state index is 0.0493. The number of carbonyl (C=O) groups is 2. The normalized spacial score (nSPS) is 13.3. The fourth-order valence-corrected chi connectivity index (χ4v) is 7.24. The second-order valence-electron chi connectivity index (χ2n) is 8.83. The molecule has 2 aromatic heterocycles. The van der Waals surface area contributed by atoms with Crippen LogP contribution in [0, 0.1) is 10.1 Å². The van der Waals surface area contributed by atoms with Crippen molar-refractivity contribution >= 4 is 84.3 Å². The molecular weight excluding hydrogens is 592 g/mol. The Bertz CT molecular complexity index is 1610. The maximum atomic E-state index is 13.3. The van der Waals surface area contributed by atoms with Crippen LogP contribution in [0.2, 0.25) is 5.02 Å². The van der Waals surface area contributed by atoms with Crippen molar-refractivity contribution in [3.05, 3.63) is 80.2 Å². The predicted molar refractivity (Wildman–Crippen MR) is 163 cm³/mol. The van der Waals surface area contributed by atoms with E-state index in [2.05, 4.69) is 5.32 Å². The summed E-state index contributed by atoms with van der Waals surface area (Å²) < 4.78 is 5.85. The molecule has 0 aliphatic carbocycles. The smallest absolute Gasteiger partial charge is 0.341 e. The van der Waals surface area contributed by atoms with Gasteiger partial charge in [-0.3, -0.25) is 14.9 Å². The number of nitro benzene ring substituents is 1. The number of anilines is 1. The number of thiocarbonyl (C=S) groups is 1. The highest BCUT2D eigenvalue weighted by atomic mass is 35.5. The molecule has 40 heavy (non-hydrogen) atoms. The summed E-state index contributed by atoms with van der Waals surface area (Å²) in [5.41, 5.74) is 1.35. The highest BCUT2D eigenvalue weighted by Gasteiger charge is 2.28. The second-order valence-corrected chi connectivity index (χ2v) is 11.7. The number of fused-ring (bicyclic) bond motifs is 1. The molecular formula is C27H23ClN4O5S3. The molecule has 1 aliphatic rings. The van der Waals surface area contributed by atoms with Crippen molar-refractivity contribution in [1.29, 1.82) is 0 Å². The number of nitrogens with one attached hydrogen (secondary N) is 1. The maximum Gasteiger partial charge on any atom is 0.341 e. The average molecular weight is 615 g/mol. The summed E-state index contributed by atoms with van der Waals surface area (Å²) in [6, 6.07) is 16.0. The van der Waals surface area contributed by atoms with Crippen molar-refractivity contribution in [1.82, 2.24) is 9.80 Å². The van der Waals surface area contributed by atoms with Gasteiger partial charge in [-0.05, 0) is 36.8 Å². The number of halogens is 1. The van der Waals surface area contributed by atoms with E-state index in [-0.39, 0.29) is 18.2 Å². The summed E-state index contributed by atoms with van der Waals surface area (Å²) in [5.74, 6) is -0.644. The van der Waals surface area contributed by atoms with Crippen LogP contribution in [0.4, 0.5) is 10.7 Å². The minimum Gasteiger partial charge on any atom is -0.462 e. The highest BCUT2D eigenvalue weighted by molar-refractivity contribution is 7.80. The zero-order chi connectivity index (χ0) is 28.4. The fourth-order valence-electron chi connectivity index (χ4n) is 4.33. The largest absolute Gasteiger partial charge is 0.462 e. The monoisotopic (exact) mass is 614 g/mol. The number of piperazine rings is 1. The molecule has 3 heterocycles. The Balaban J connectivity index is 1.27. The molecule has 0 bridgehead atoms. The van der Waals surface area contributed by atoms with Gasteiger partial charge < -0.3 is 19.9 Å². The molecule has 5 rings (SSSR count). The Hall–Kier alpha value is -3.58. The first kappa shape index (κ1) is 28.0. The van der Waals surface area contributed by atoms with Crippen molar-refractivity contribution in [3.63, 3.8) is 0 Å². The topological polar surface area (TPSA) is 105 Å². The summed E-state index contributed by atoms with van der Waals surface area (Å²) >= 11 is 14.8. The standard InChI is InChI=1S/C27H23ClN4O5S3/c1-2-37-26(34)19-15-20(16-6-4-3-5-7-16)40-24(19)29-27(38)31-12-10-30(11-13-31)25(33)23-22(28)18-9-8-17(32(35)36)14-21(18)39-23/h3-9,14-15H,2,10-13H2,1H3,(H,29,38). The summed E-state index contributed by atoms with van der Waals surface area (Å²) in [4.78, 5) is 41.5. The van der Waals surface area contributed by atoms with Gasteiger partial charge in [0.1, 0.15) is 9.88 Å². The molecule has 0 unspecified atom stereocenters. The third-order valence-electron chi connectivity index (χ3n) is 6.38. The van der Waals surface area contributed by atoms with Gasteiger partial charge in [0.05, 0.1) is 22.1 Å². The summed E-state index contributed by atoms with van der Waals surface area (Å²) in [5, 5.41) is 16.3. The van der Waals surface area contributed by atoms with Crippen LogP contribution >= 0.6 is 46.5 Å². The van der Waals surface area contributed by atoms with Gasteiger partial charge in [0.15, 0.2) is 5.11 Å². The number of esters is 1. The number of hydrogen-bond acceptors (Lipinski definition) is 8. The predicted octanol–water partition coefficient (Wildman–Crippen LogP) is 6.52. The van der Waals surface area contributed by atoms with Crippen molar-refractivity contribution in [2.45, 2.75) is 6.92 Å². The van der Waals surface area contributed by atoms with E-state index in [9.17, 15) is 19.7 Å². The molecule has 13 heteroatoms. The number of amides is 1. The molecule has 2 aromatic carbocycles. The zero-order valence-electron chi connectivity index (χ0n) is 21.2. The number of non-ortho nitro benzene ring substituents is 1. The van der Waals surface area contributed by atoms with Gasteiger partial charge >= 0.3 is 5.97 Å². The summed E-state index contributed by atoms with van der Waals surface area (Å²) in [7, 11) is 0. The molecule has 0 atom stereocenters. The van der Waals surface area contributed by atoms with E-state index in [4.69, 9.17) is 28.6 Å². The van der Waals surface area contributed by atoms with Crippen LogP contribution in [0.25, 0.3) is 20.5 Å². The highest BCUT2D eigenvalue weighted by Crippen LogP contribution is 2.38. The van der Waals surface area contributed by atoms with E-state index in [1.807, 2.05) is 41.3 Å². The van der Waals surface area contributed by atoms with E-state index in [1.165, 1.54) is 23.5 Å². The lowest BCUT2D eigenvalue weighted by molar-refractivity contribution is -0.384. The van der Waals surface area contributed by atoms with Gasteiger partial charge in [0.2, 0.25) is 0 Å². The van der Waals surface area contributed by atoms with Crippen LogP contribution in [0.15, 0.2) is 54.6 Å². The number of rotatable bonds is 6. The first-order valence-corrected chi connectivity index (χ1v) is 14.8. The van der Waals surface area contributed by atoms with E-state index in [1.54, 1.807) is 17.9 Å². The third kappa shape index (κ3) is 5.66. The number of ether oxygens (including phenoxy) is 1. The van der Waals surface area contributed by atoms with Gasteiger partial charge in [-0.1, -0.05) is 41.9 Å². The van der Waals surface area contributed by atoms with E-state index < -0.39 is 10.9 Å². The molecule has 0 radical (unpaired) electrons. The van der Waals surface area contributed by atoms with Gasteiger partial charge in [0.25, 0.3) is 11.6 Å². The quantitative estimate of drug-likeness (QED) is 0.113. The fraction of sp³-hybridized carbons (Fsp3) is 0.222. The van der Waals surface area contributed by atoms with E-state index >= 15 is 0 Å². The van der Waals surface area contributed by atoms with Crippen molar-refractivity contribution in [2.24, 2.45) is 0 Å². The average Bonchev–Trinajstić information content (AvgIpc) is 3.54. The molecule has 0 spiro atoms. The van der Waals surface area contributed by atoms with Crippen molar-refractivity contribution in [2.75, 3.05) is 38.1 Å². The Morgan fingerprint density at radius 1 is 1.07 bits per heavy atom. The van der Waals surface area contributed by atoms with E-state index in [0.717, 1.165) is 21.8 Å². The Kier molecular flexibility index (Phi) is 8.31. The molecule has 206 valence electrons. The minimum atomic E-state index is -0.473. The second kappa shape index (κ2) is 11.9. The molecule has 4 aromatic rings. The van der Waals surface area contributed by atoms with Crippen molar-refractivity contribution in [3.8, 4) is 10.4 Å². The molecule has 9 nitrogen and oxygen atoms in total. The number of hydrogen-bond donors (Lipinski definition) is 1. The lowest BCUT2D eigenvalue weighted by Gasteiger charge is -2.36. The van der Waals surface area contributed by atoms with Gasteiger partial charge in [-0.25, -0.2) is 4.79 Å². The van der Waals surface area contributed by atoms with Crippen molar-refractivity contribution < 1.29 is 19.2 Å². The number of nitro groups is 1. The summed E-state index contributed by atoms with van der Waals surface area (Å²) in [6.45, 7) is 3.81. The van der Waals surface area contributed by atoms with Crippen LogP contribution < -0.4 is 5.32 Å². The molecule has 0 saturated carbocycles. The lowest BCUT2D eigenvalue weighted by atomic mass is 10.1. The number of thiophene rings is 2. The molecule has 1 saturated heterocycles. The Morgan fingerprint density at radius 2 is 1.77 bits per heavy atom. The van der Waals surface area contributed by atoms with Crippen LogP contribution in [-0.2, 0) is 4.74 Å². The molecule has 1 amide bonds. The summed E-state index contributed by atoms with van der Waals surface area (Å²) in [6.07, 6.45) is 0. The maximum absolute atomic E-state index is 13.3. The SMILES string of the molecule is CCOC(=O)c1cc(-c2ccccc2)sc1NC(=S)N1CCN(C(=O)c2sc3cc([N+](=O)[O-])ccc3c2Cl)CC1. The van der Waals surface area contributed by atoms with Crippen LogP contribution in [0.3, 0.4) is 0 Å². The van der Waals surface area contributed by atoms with Gasteiger partial charge in [0, 0.05) is 53.3 Å². The van der Waals surface area contributed by atoms with Crippen LogP contribution in [0.1, 0.15) is 27.0 Å². The number of benzene rings is 2.